The number of nitrogens with one attached hydrogen (secondary N) is 1. The lowest BCUT2D eigenvalue weighted by molar-refractivity contribution is -0.402. The molecule has 0 saturated carbocycles. The summed E-state index contributed by atoms with van der Waals surface area (Å²) in [7, 11) is 0. The molecule has 0 radical (unpaired) electrons. The average Bonchev–Trinajstić information content (AvgIpc) is 2.66. The molecule has 0 bridgehead atoms. The van der Waals surface area contributed by atoms with E-state index in [2.05, 4.69) is 12.2 Å². The zero-order valence-corrected chi connectivity index (χ0v) is 9.12. The Hall–Kier alpha value is -1.01. The molecular formula is C9H12N2O3S. The number of rotatable bonds is 2. The second kappa shape index (κ2) is 4.24. The first-order valence-corrected chi connectivity index (χ1v) is 5.83. The number of hydrogen-bond acceptors (Lipinski definition) is 5. The molecule has 0 amide bonds. The maximum atomic E-state index is 10.4. The highest BCUT2D eigenvalue weighted by Gasteiger charge is 2.24. The van der Waals surface area contributed by atoms with Crippen LogP contribution in [0.1, 0.15) is 24.5 Å². The predicted molar refractivity (Wildman–Crippen MR) is 57.8 cm³/mol. The van der Waals surface area contributed by atoms with Gasteiger partial charge >= 0.3 is 5.88 Å². The van der Waals surface area contributed by atoms with E-state index in [0.29, 0.717) is 11.8 Å². The zero-order valence-electron chi connectivity index (χ0n) is 8.30. The summed E-state index contributed by atoms with van der Waals surface area (Å²) in [6.07, 6.45) is 1.12. The molecule has 1 N–H and O–H groups in total. The lowest BCUT2D eigenvalue weighted by Crippen LogP contribution is -2.33. The largest absolute Gasteiger partial charge is 0.433 e. The van der Waals surface area contributed by atoms with E-state index in [9.17, 15) is 10.1 Å². The SMILES string of the molecule is CC1CCSC(c2ccc([N+](=O)[O-])o2)N1. The van der Waals surface area contributed by atoms with Gasteiger partial charge in [0.2, 0.25) is 0 Å². The molecule has 0 aliphatic carbocycles. The molecule has 1 fully saturated rings. The summed E-state index contributed by atoms with van der Waals surface area (Å²) in [6, 6.07) is 3.50. The summed E-state index contributed by atoms with van der Waals surface area (Å²) in [4.78, 5) is 9.93. The molecular weight excluding hydrogens is 216 g/mol. The first-order valence-electron chi connectivity index (χ1n) is 4.78. The van der Waals surface area contributed by atoms with Gasteiger partial charge in [-0.25, -0.2) is 0 Å². The number of nitrogens with zero attached hydrogens (tertiary/aromatic N) is 1. The van der Waals surface area contributed by atoms with Crippen molar-refractivity contribution in [3.8, 4) is 0 Å². The van der Waals surface area contributed by atoms with Gasteiger partial charge < -0.3 is 4.42 Å². The highest BCUT2D eigenvalue weighted by molar-refractivity contribution is 7.99. The van der Waals surface area contributed by atoms with Gasteiger partial charge in [-0.3, -0.25) is 15.4 Å². The molecule has 1 aromatic heterocycles. The van der Waals surface area contributed by atoms with Crippen molar-refractivity contribution in [3.63, 3.8) is 0 Å². The van der Waals surface area contributed by atoms with Crippen LogP contribution in [0.15, 0.2) is 16.5 Å². The van der Waals surface area contributed by atoms with E-state index in [0.717, 1.165) is 12.2 Å². The van der Waals surface area contributed by atoms with Crippen LogP contribution in [0.2, 0.25) is 0 Å². The fourth-order valence-corrected chi connectivity index (χ4v) is 2.84. The number of hydrogen-bond donors (Lipinski definition) is 1. The van der Waals surface area contributed by atoms with Gasteiger partial charge in [-0.05, 0) is 25.2 Å². The van der Waals surface area contributed by atoms with Crippen LogP contribution in [0.3, 0.4) is 0 Å². The van der Waals surface area contributed by atoms with Crippen LogP contribution < -0.4 is 5.32 Å². The van der Waals surface area contributed by atoms with Crippen LogP contribution in [0.4, 0.5) is 5.88 Å². The maximum Gasteiger partial charge on any atom is 0.433 e. The van der Waals surface area contributed by atoms with E-state index in [1.807, 2.05) is 0 Å². The van der Waals surface area contributed by atoms with E-state index in [4.69, 9.17) is 4.42 Å². The monoisotopic (exact) mass is 228 g/mol. The minimum atomic E-state index is -0.513. The van der Waals surface area contributed by atoms with Gasteiger partial charge in [0.25, 0.3) is 0 Å². The molecule has 2 heterocycles. The van der Waals surface area contributed by atoms with Crippen molar-refractivity contribution >= 4 is 17.6 Å². The van der Waals surface area contributed by atoms with Crippen LogP contribution >= 0.6 is 11.8 Å². The minimum Gasteiger partial charge on any atom is -0.403 e. The van der Waals surface area contributed by atoms with Gasteiger partial charge in [0.05, 0.1) is 6.07 Å². The van der Waals surface area contributed by atoms with Crippen molar-refractivity contribution in [2.45, 2.75) is 24.8 Å². The number of thioether (sulfide) groups is 1. The Balaban J connectivity index is 2.11. The Morgan fingerprint density at radius 2 is 2.47 bits per heavy atom. The average molecular weight is 228 g/mol. The molecule has 2 atom stereocenters. The molecule has 2 unspecified atom stereocenters. The standard InChI is InChI=1S/C9H12N2O3S/c1-6-4-5-15-9(10-6)7-2-3-8(14-7)11(12)13/h2-3,6,9-10H,4-5H2,1H3. The third-order valence-electron chi connectivity index (χ3n) is 2.32. The lowest BCUT2D eigenvalue weighted by atomic mass is 10.2. The molecule has 1 aliphatic heterocycles. The van der Waals surface area contributed by atoms with E-state index >= 15 is 0 Å². The smallest absolute Gasteiger partial charge is 0.403 e. The Morgan fingerprint density at radius 3 is 3.07 bits per heavy atom. The highest BCUT2D eigenvalue weighted by Crippen LogP contribution is 2.33. The molecule has 1 aromatic rings. The topological polar surface area (TPSA) is 68.3 Å². The van der Waals surface area contributed by atoms with Gasteiger partial charge in [0.15, 0.2) is 0 Å². The van der Waals surface area contributed by atoms with Crippen LogP contribution in [-0.2, 0) is 0 Å². The van der Waals surface area contributed by atoms with Crippen molar-refractivity contribution in [1.82, 2.24) is 5.32 Å². The van der Waals surface area contributed by atoms with E-state index in [-0.39, 0.29) is 11.3 Å². The molecule has 82 valence electrons. The zero-order chi connectivity index (χ0) is 10.8. The predicted octanol–water partition coefficient (Wildman–Crippen LogP) is 2.30. The molecule has 0 aromatic carbocycles. The highest BCUT2D eigenvalue weighted by atomic mass is 32.2. The molecule has 15 heavy (non-hydrogen) atoms. The quantitative estimate of drug-likeness (QED) is 0.621. The summed E-state index contributed by atoms with van der Waals surface area (Å²) in [6.45, 7) is 2.10. The van der Waals surface area contributed by atoms with Crippen molar-refractivity contribution < 1.29 is 9.34 Å². The second-order valence-electron chi connectivity index (χ2n) is 3.54. The maximum absolute atomic E-state index is 10.4. The molecule has 6 heteroatoms. The fraction of sp³-hybridized carbons (Fsp3) is 0.556. The Morgan fingerprint density at radius 1 is 1.67 bits per heavy atom. The Kier molecular flexibility index (Phi) is 2.97. The minimum absolute atomic E-state index is 0.0439. The third-order valence-corrected chi connectivity index (χ3v) is 3.50. The molecule has 1 saturated heterocycles. The van der Waals surface area contributed by atoms with Gasteiger partial charge in [-0.1, -0.05) is 0 Å². The summed E-state index contributed by atoms with van der Waals surface area (Å²) >= 11 is 1.72. The summed E-state index contributed by atoms with van der Waals surface area (Å²) in [5, 5.41) is 13.8. The van der Waals surface area contributed by atoms with E-state index in [1.165, 1.54) is 6.07 Å². The van der Waals surface area contributed by atoms with Crippen molar-refractivity contribution in [2.24, 2.45) is 0 Å². The van der Waals surface area contributed by atoms with Gasteiger partial charge in [-0.15, -0.1) is 11.8 Å². The molecule has 0 spiro atoms. The Bertz CT molecular complexity index is 366. The van der Waals surface area contributed by atoms with Crippen LogP contribution in [-0.4, -0.2) is 16.7 Å². The number of furan rings is 1. The third kappa shape index (κ3) is 2.32. The lowest BCUT2D eigenvalue weighted by Gasteiger charge is -2.26. The fourth-order valence-electron chi connectivity index (χ4n) is 1.50. The van der Waals surface area contributed by atoms with Gasteiger partial charge in [-0.2, -0.15) is 0 Å². The van der Waals surface area contributed by atoms with Crippen LogP contribution in [0.5, 0.6) is 0 Å². The van der Waals surface area contributed by atoms with Crippen molar-refractivity contribution in [3.05, 3.63) is 28.0 Å². The number of nitro groups is 1. The van der Waals surface area contributed by atoms with Crippen molar-refractivity contribution in [1.29, 1.82) is 0 Å². The van der Waals surface area contributed by atoms with Gasteiger partial charge in [0, 0.05) is 6.04 Å². The second-order valence-corrected chi connectivity index (χ2v) is 4.75. The van der Waals surface area contributed by atoms with E-state index in [1.54, 1.807) is 17.8 Å². The molecule has 2 rings (SSSR count). The van der Waals surface area contributed by atoms with Crippen LogP contribution in [0.25, 0.3) is 0 Å². The summed E-state index contributed by atoms with van der Waals surface area (Å²) in [5.41, 5.74) is 0. The van der Waals surface area contributed by atoms with Crippen LogP contribution in [0, 0.1) is 10.1 Å². The molecule has 1 aliphatic rings. The normalized spacial score (nSPS) is 26.5. The first kappa shape index (κ1) is 10.5. The molecule has 5 nitrogen and oxygen atoms in total. The van der Waals surface area contributed by atoms with Crippen molar-refractivity contribution in [2.75, 3.05) is 5.75 Å². The first-order chi connectivity index (χ1) is 7.16. The summed E-state index contributed by atoms with van der Waals surface area (Å²) < 4.78 is 5.15. The Labute approximate surface area is 91.4 Å². The van der Waals surface area contributed by atoms with Gasteiger partial charge in [0.1, 0.15) is 16.1 Å². The summed E-state index contributed by atoms with van der Waals surface area (Å²) in [5.74, 6) is 1.50. The van der Waals surface area contributed by atoms with E-state index < -0.39 is 4.92 Å².